The Labute approximate surface area is 141 Å². The SMILES string of the molecule is CNC(=O)Cn1ccc2ccc(NC(=O)C3CCCC(N)C3)cc21. The topological polar surface area (TPSA) is 89.2 Å². The van der Waals surface area contributed by atoms with Crippen LogP contribution in [0, 0.1) is 5.92 Å². The molecule has 1 fully saturated rings. The summed E-state index contributed by atoms with van der Waals surface area (Å²) in [6.07, 6.45) is 5.54. The second-order valence-electron chi connectivity index (χ2n) is 6.50. The summed E-state index contributed by atoms with van der Waals surface area (Å²) in [4.78, 5) is 24.1. The zero-order valence-corrected chi connectivity index (χ0v) is 13.9. The van der Waals surface area contributed by atoms with Crippen molar-refractivity contribution >= 4 is 28.4 Å². The molecule has 6 nitrogen and oxygen atoms in total. The highest BCUT2D eigenvalue weighted by Gasteiger charge is 2.25. The molecule has 128 valence electrons. The van der Waals surface area contributed by atoms with Crippen LogP contribution in [-0.4, -0.2) is 29.5 Å². The van der Waals surface area contributed by atoms with Gasteiger partial charge in [-0.25, -0.2) is 0 Å². The predicted molar refractivity (Wildman–Crippen MR) is 94.6 cm³/mol. The van der Waals surface area contributed by atoms with Gasteiger partial charge in [0.2, 0.25) is 11.8 Å². The number of hydrogen-bond acceptors (Lipinski definition) is 3. The van der Waals surface area contributed by atoms with E-state index in [2.05, 4.69) is 10.6 Å². The molecule has 0 bridgehead atoms. The molecule has 1 saturated carbocycles. The Kier molecular flexibility index (Phi) is 4.85. The van der Waals surface area contributed by atoms with E-state index in [4.69, 9.17) is 5.73 Å². The van der Waals surface area contributed by atoms with Crippen LogP contribution < -0.4 is 16.4 Å². The average Bonchev–Trinajstić information content (AvgIpc) is 2.97. The van der Waals surface area contributed by atoms with E-state index < -0.39 is 0 Å². The fourth-order valence-corrected chi connectivity index (χ4v) is 3.34. The van der Waals surface area contributed by atoms with E-state index in [-0.39, 0.29) is 30.3 Å². The van der Waals surface area contributed by atoms with E-state index in [0.717, 1.165) is 42.3 Å². The minimum Gasteiger partial charge on any atom is -0.358 e. The van der Waals surface area contributed by atoms with Crippen molar-refractivity contribution in [3.63, 3.8) is 0 Å². The maximum absolute atomic E-state index is 12.5. The summed E-state index contributed by atoms with van der Waals surface area (Å²) in [5.41, 5.74) is 7.66. The molecule has 1 heterocycles. The highest BCUT2D eigenvalue weighted by atomic mass is 16.2. The van der Waals surface area contributed by atoms with Crippen LogP contribution in [0.4, 0.5) is 5.69 Å². The Hall–Kier alpha value is -2.34. The first-order chi connectivity index (χ1) is 11.6. The third-order valence-electron chi connectivity index (χ3n) is 4.72. The molecule has 3 rings (SSSR count). The van der Waals surface area contributed by atoms with Crippen LogP contribution in [0.1, 0.15) is 25.7 Å². The molecule has 2 unspecified atom stereocenters. The lowest BCUT2D eigenvalue weighted by molar-refractivity contribution is -0.121. The Morgan fingerprint density at radius 3 is 2.88 bits per heavy atom. The molecule has 0 spiro atoms. The first-order valence-corrected chi connectivity index (χ1v) is 8.42. The molecule has 2 amide bonds. The van der Waals surface area contributed by atoms with Crippen LogP contribution in [0.3, 0.4) is 0 Å². The van der Waals surface area contributed by atoms with E-state index in [1.165, 1.54) is 0 Å². The monoisotopic (exact) mass is 328 g/mol. The molecule has 0 saturated heterocycles. The van der Waals surface area contributed by atoms with Crippen molar-refractivity contribution in [3.8, 4) is 0 Å². The lowest BCUT2D eigenvalue weighted by Crippen LogP contribution is -2.34. The molecular formula is C18H24N4O2. The first kappa shape index (κ1) is 16.5. The summed E-state index contributed by atoms with van der Waals surface area (Å²) in [6.45, 7) is 0.259. The number of likely N-dealkylation sites (N-methyl/N-ethyl adjacent to an activating group) is 1. The predicted octanol–water partition coefficient (Wildman–Crippen LogP) is 1.84. The maximum Gasteiger partial charge on any atom is 0.239 e. The van der Waals surface area contributed by atoms with Crippen molar-refractivity contribution in [1.29, 1.82) is 0 Å². The highest BCUT2D eigenvalue weighted by molar-refractivity contribution is 5.95. The van der Waals surface area contributed by atoms with Crippen molar-refractivity contribution in [3.05, 3.63) is 30.5 Å². The van der Waals surface area contributed by atoms with Gasteiger partial charge in [-0.3, -0.25) is 9.59 Å². The summed E-state index contributed by atoms with van der Waals surface area (Å²) < 4.78 is 1.88. The molecule has 2 atom stereocenters. The van der Waals surface area contributed by atoms with Crippen LogP contribution in [0.25, 0.3) is 10.9 Å². The minimum absolute atomic E-state index is 0.0119. The van der Waals surface area contributed by atoms with Crippen LogP contribution in [-0.2, 0) is 16.1 Å². The van der Waals surface area contributed by atoms with Crippen molar-refractivity contribution in [2.75, 3.05) is 12.4 Å². The lowest BCUT2D eigenvalue weighted by Gasteiger charge is -2.25. The molecule has 24 heavy (non-hydrogen) atoms. The van der Waals surface area contributed by atoms with E-state index >= 15 is 0 Å². The van der Waals surface area contributed by atoms with Gasteiger partial charge in [0.05, 0.1) is 5.52 Å². The number of nitrogens with one attached hydrogen (secondary N) is 2. The quantitative estimate of drug-likeness (QED) is 0.800. The van der Waals surface area contributed by atoms with Gasteiger partial charge in [0, 0.05) is 30.9 Å². The van der Waals surface area contributed by atoms with Gasteiger partial charge >= 0.3 is 0 Å². The molecule has 0 radical (unpaired) electrons. The zero-order chi connectivity index (χ0) is 17.1. The van der Waals surface area contributed by atoms with Gasteiger partial charge in [0.1, 0.15) is 6.54 Å². The van der Waals surface area contributed by atoms with Gasteiger partial charge in [0.25, 0.3) is 0 Å². The third kappa shape index (κ3) is 3.59. The van der Waals surface area contributed by atoms with Crippen LogP contribution in [0.15, 0.2) is 30.5 Å². The molecule has 1 aromatic heterocycles. The van der Waals surface area contributed by atoms with Crippen LogP contribution >= 0.6 is 0 Å². The molecule has 6 heteroatoms. The number of fused-ring (bicyclic) bond motifs is 1. The molecule has 1 aromatic carbocycles. The minimum atomic E-state index is -0.0573. The van der Waals surface area contributed by atoms with E-state index in [9.17, 15) is 9.59 Å². The van der Waals surface area contributed by atoms with Crippen molar-refractivity contribution in [2.24, 2.45) is 11.7 Å². The summed E-state index contributed by atoms with van der Waals surface area (Å²) in [5.74, 6) is -0.0332. The molecule has 4 N–H and O–H groups in total. The number of benzene rings is 1. The van der Waals surface area contributed by atoms with Gasteiger partial charge in [-0.2, -0.15) is 0 Å². The second kappa shape index (κ2) is 7.05. The number of carbonyl (C=O) groups excluding carboxylic acids is 2. The van der Waals surface area contributed by atoms with Gasteiger partial charge in [-0.15, -0.1) is 0 Å². The van der Waals surface area contributed by atoms with Gasteiger partial charge in [-0.05, 0) is 42.8 Å². The van der Waals surface area contributed by atoms with Gasteiger partial charge < -0.3 is 20.9 Å². The fourth-order valence-electron chi connectivity index (χ4n) is 3.34. The second-order valence-corrected chi connectivity index (χ2v) is 6.50. The third-order valence-corrected chi connectivity index (χ3v) is 4.72. The number of carbonyl (C=O) groups is 2. The van der Waals surface area contributed by atoms with Crippen LogP contribution in [0.5, 0.6) is 0 Å². The zero-order valence-electron chi connectivity index (χ0n) is 13.9. The van der Waals surface area contributed by atoms with E-state index in [0.29, 0.717) is 0 Å². The Bertz CT molecular complexity index is 753. The standard InChI is InChI=1S/C18H24N4O2/c1-20-17(23)11-22-8-7-12-5-6-15(10-16(12)22)21-18(24)13-3-2-4-14(19)9-13/h5-8,10,13-14H,2-4,9,11,19H2,1H3,(H,20,23)(H,21,24). The fraction of sp³-hybridized carbons (Fsp3) is 0.444. The average molecular weight is 328 g/mol. The molecule has 1 aliphatic rings. The van der Waals surface area contributed by atoms with E-state index in [1.54, 1.807) is 7.05 Å². The van der Waals surface area contributed by atoms with Crippen LogP contribution in [0.2, 0.25) is 0 Å². The summed E-state index contributed by atoms with van der Waals surface area (Å²) in [5, 5.41) is 6.66. The molecule has 2 aromatic rings. The Morgan fingerprint density at radius 2 is 2.12 bits per heavy atom. The van der Waals surface area contributed by atoms with Gasteiger partial charge in [0.15, 0.2) is 0 Å². The highest BCUT2D eigenvalue weighted by Crippen LogP contribution is 2.26. The number of aromatic nitrogens is 1. The summed E-state index contributed by atoms with van der Waals surface area (Å²) in [7, 11) is 1.62. The Morgan fingerprint density at radius 1 is 1.29 bits per heavy atom. The maximum atomic E-state index is 12.5. The van der Waals surface area contributed by atoms with E-state index in [1.807, 2.05) is 35.0 Å². The largest absolute Gasteiger partial charge is 0.358 e. The number of amides is 2. The number of nitrogens with zero attached hydrogens (tertiary/aromatic N) is 1. The lowest BCUT2D eigenvalue weighted by atomic mass is 9.85. The van der Waals surface area contributed by atoms with Crippen molar-refractivity contribution in [2.45, 2.75) is 38.3 Å². The molecule has 1 aliphatic carbocycles. The number of anilines is 1. The van der Waals surface area contributed by atoms with Gasteiger partial charge in [-0.1, -0.05) is 12.5 Å². The van der Waals surface area contributed by atoms with Crippen molar-refractivity contribution in [1.82, 2.24) is 9.88 Å². The molecular weight excluding hydrogens is 304 g/mol. The first-order valence-electron chi connectivity index (χ1n) is 8.42. The Balaban J connectivity index is 1.76. The normalized spacial score (nSPS) is 20.8. The summed E-state index contributed by atoms with van der Waals surface area (Å²) >= 11 is 0. The molecule has 0 aliphatic heterocycles. The number of rotatable bonds is 4. The smallest absolute Gasteiger partial charge is 0.239 e. The summed E-state index contributed by atoms with van der Waals surface area (Å²) in [6, 6.07) is 7.86. The van der Waals surface area contributed by atoms with Crippen molar-refractivity contribution < 1.29 is 9.59 Å². The number of nitrogens with two attached hydrogens (primary N) is 1. The number of hydrogen-bond donors (Lipinski definition) is 3.